The van der Waals surface area contributed by atoms with Crippen LogP contribution in [-0.4, -0.2) is 42.0 Å². The summed E-state index contributed by atoms with van der Waals surface area (Å²) in [5.41, 5.74) is -0.738. The summed E-state index contributed by atoms with van der Waals surface area (Å²) >= 11 is 0. The molecule has 0 fully saturated rings. The van der Waals surface area contributed by atoms with Crippen LogP contribution in [0.5, 0.6) is 0 Å². The Bertz CT molecular complexity index is 375. The van der Waals surface area contributed by atoms with Gasteiger partial charge in [-0.3, -0.25) is 0 Å². The van der Waals surface area contributed by atoms with Gasteiger partial charge in [0.2, 0.25) is 5.76 Å². The van der Waals surface area contributed by atoms with E-state index in [2.05, 4.69) is 10.1 Å². The van der Waals surface area contributed by atoms with Crippen molar-refractivity contribution in [3.05, 3.63) is 23.7 Å². The van der Waals surface area contributed by atoms with Gasteiger partial charge in [-0.15, -0.1) is 0 Å². The lowest BCUT2D eigenvalue weighted by atomic mass is 9.98. The van der Waals surface area contributed by atoms with E-state index in [1.54, 1.807) is 6.07 Å². The van der Waals surface area contributed by atoms with Crippen LogP contribution in [0, 0.1) is 0 Å². The largest absolute Gasteiger partial charge is 0.463 e. The van der Waals surface area contributed by atoms with Gasteiger partial charge in [0.1, 0.15) is 5.76 Å². The van der Waals surface area contributed by atoms with Gasteiger partial charge in [-0.2, -0.15) is 0 Å². The molecule has 0 atom stereocenters. The number of aliphatic hydroxyl groups is 2. The molecule has 0 aliphatic heterocycles. The molecular weight excluding hydrogens is 238 g/mol. The molecule has 102 valence electrons. The van der Waals surface area contributed by atoms with E-state index < -0.39 is 11.5 Å². The van der Waals surface area contributed by atoms with Gasteiger partial charge in [-0.25, -0.2) is 4.79 Å². The van der Waals surface area contributed by atoms with Crippen molar-refractivity contribution in [2.24, 2.45) is 0 Å². The fraction of sp³-hybridized carbons (Fsp3) is 0.583. The molecule has 0 unspecified atom stereocenters. The predicted molar refractivity (Wildman–Crippen MR) is 64.1 cm³/mol. The smallest absolute Gasteiger partial charge is 0.373 e. The summed E-state index contributed by atoms with van der Waals surface area (Å²) in [4.78, 5) is 11.2. The molecule has 0 spiro atoms. The lowest BCUT2D eigenvalue weighted by molar-refractivity contribution is 0.0560. The normalized spacial score (nSPS) is 11.6. The summed E-state index contributed by atoms with van der Waals surface area (Å²) < 4.78 is 9.79. The van der Waals surface area contributed by atoms with Gasteiger partial charge in [-0.05, 0) is 18.6 Å². The first-order chi connectivity index (χ1) is 8.60. The Morgan fingerprint density at radius 3 is 2.61 bits per heavy atom. The lowest BCUT2D eigenvalue weighted by Crippen LogP contribution is -2.50. The average Bonchev–Trinajstić information content (AvgIpc) is 2.89. The zero-order chi connectivity index (χ0) is 13.6. The number of carbonyl (C=O) groups is 1. The highest BCUT2D eigenvalue weighted by atomic mass is 16.5. The third-order valence-corrected chi connectivity index (χ3v) is 2.97. The van der Waals surface area contributed by atoms with Crippen molar-refractivity contribution in [2.75, 3.05) is 20.3 Å². The number of furan rings is 1. The molecular formula is C12H19NO5. The van der Waals surface area contributed by atoms with Crippen molar-refractivity contribution in [3.8, 4) is 0 Å². The molecule has 0 radical (unpaired) electrons. The number of methoxy groups -OCH3 is 1. The topological polar surface area (TPSA) is 91.9 Å². The van der Waals surface area contributed by atoms with Crippen LogP contribution in [0.25, 0.3) is 0 Å². The van der Waals surface area contributed by atoms with Gasteiger partial charge >= 0.3 is 5.97 Å². The van der Waals surface area contributed by atoms with Crippen molar-refractivity contribution in [1.82, 2.24) is 5.32 Å². The Hall–Kier alpha value is -1.37. The highest BCUT2D eigenvalue weighted by molar-refractivity contribution is 5.86. The van der Waals surface area contributed by atoms with Crippen LogP contribution in [0.2, 0.25) is 0 Å². The minimum Gasteiger partial charge on any atom is -0.463 e. The van der Waals surface area contributed by atoms with Gasteiger partial charge in [0.25, 0.3) is 0 Å². The number of hydrogen-bond acceptors (Lipinski definition) is 6. The van der Waals surface area contributed by atoms with Crippen molar-refractivity contribution < 1.29 is 24.2 Å². The number of hydrogen-bond donors (Lipinski definition) is 3. The van der Waals surface area contributed by atoms with E-state index in [9.17, 15) is 15.0 Å². The zero-order valence-electron chi connectivity index (χ0n) is 10.6. The third kappa shape index (κ3) is 3.32. The van der Waals surface area contributed by atoms with Gasteiger partial charge in [0, 0.05) is 0 Å². The average molecular weight is 257 g/mol. The van der Waals surface area contributed by atoms with E-state index in [-0.39, 0.29) is 19.0 Å². The van der Waals surface area contributed by atoms with E-state index >= 15 is 0 Å². The standard InChI is InChI=1S/C12H19NO5/c1-3-12(7-14,8-15)13-6-9-4-5-10(18-9)11(16)17-2/h4-5,13-15H,3,6-8H2,1-2H3. The number of ether oxygens (including phenoxy) is 1. The summed E-state index contributed by atoms with van der Waals surface area (Å²) in [6, 6.07) is 3.17. The SMILES string of the molecule is CCC(CO)(CO)NCc1ccc(C(=O)OC)o1. The van der Waals surface area contributed by atoms with Crippen LogP contribution in [0.15, 0.2) is 16.5 Å². The Balaban J connectivity index is 2.63. The number of aliphatic hydroxyl groups excluding tert-OH is 2. The summed E-state index contributed by atoms with van der Waals surface area (Å²) in [6.45, 7) is 1.82. The van der Waals surface area contributed by atoms with Crippen molar-refractivity contribution in [2.45, 2.75) is 25.4 Å². The quantitative estimate of drug-likeness (QED) is 0.608. The molecule has 0 saturated heterocycles. The predicted octanol–water partition coefficient (Wildman–Crippen LogP) is 0.289. The first-order valence-electron chi connectivity index (χ1n) is 5.74. The summed E-state index contributed by atoms with van der Waals surface area (Å²) in [6.07, 6.45) is 0.574. The minimum atomic E-state index is -0.738. The van der Waals surface area contributed by atoms with E-state index in [0.717, 1.165) is 0 Å². The van der Waals surface area contributed by atoms with Crippen LogP contribution in [0.3, 0.4) is 0 Å². The lowest BCUT2D eigenvalue weighted by Gasteiger charge is -2.29. The molecule has 1 aromatic heterocycles. The Labute approximate surface area is 106 Å². The van der Waals surface area contributed by atoms with Crippen LogP contribution in [0.1, 0.15) is 29.7 Å². The van der Waals surface area contributed by atoms with E-state index in [1.807, 2.05) is 6.92 Å². The summed E-state index contributed by atoms with van der Waals surface area (Å²) in [5, 5.41) is 21.5. The van der Waals surface area contributed by atoms with Gasteiger partial charge in [-0.1, -0.05) is 6.92 Å². The second kappa shape index (κ2) is 6.53. The number of carbonyl (C=O) groups excluding carboxylic acids is 1. The van der Waals surface area contributed by atoms with Gasteiger partial charge in [0.15, 0.2) is 0 Å². The van der Waals surface area contributed by atoms with E-state index in [4.69, 9.17) is 4.42 Å². The molecule has 0 aliphatic carbocycles. The molecule has 3 N–H and O–H groups in total. The number of rotatable bonds is 7. The van der Waals surface area contributed by atoms with Gasteiger partial charge in [0.05, 0.1) is 32.4 Å². The molecule has 1 aromatic rings. The van der Waals surface area contributed by atoms with Crippen LogP contribution < -0.4 is 5.32 Å². The maximum absolute atomic E-state index is 11.2. The first kappa shape index (κ1) is 14.7. The highest BCUT2D eigenvalue weighted by Crippen LogP contribution is 2.13. The molecule has 0 saturated carbocycles. The molecule has 0 aromatic carbocycles. The fourth-order valence-electron chi connectivity index (χ4n) is 1.47. The maximum atomic E-state index is 11.2. The number of nitrogens with one attached hydrogen (secondary N) is 1. The Morgan fingerprint density at radius 2 is 2.11 bits per heavy atom. The summed E-state index contributed by atoms with van der Waals surface area (Å²) in [5.74, 6) is 0.131. The van der Waals surface area contributed by atoms with Crippen molar-refractivity contribution in [3.63, 3.8) is 0 Å². The first-order valence-corrected chi connectivity index (χ1v) is 5.74. The maximum Gasteiger partial charge on any atom is 0.373 e. The van der Waals surface area contributed by atoms with Crippen molar-refractivity contribution >= 4 is 5.97 Å². The van der Waals surface area contributed by atoms with Crippen LogP contribution in [0.4, 0.5) is 0 Å². The molecule has 1 heterocycles. The van der Waals surface area contributed by atoms with Crippen LogP contribution in [-0.2, 0) is 11.3 Å². The third-order valence-electron chi connectivity index (χ3n) is 2.97. The molecule has 0 bridgehead atoms. The Kier molecular flexibility index (Phi) is 5.33. The second-order valence-corrected chi connectivity index (χ2v) is 4.06. The molecule has 0 amide bonds. The van der Waals surface area contributed by atoms with Crippen molar-refractivity contribution in [1.29, 1.82) is 0 Å². The molecule has 1 rings (SSSR count). The van der Waals surface area contributed by atoms with Crippen LogP contribution >= 0.6 is 0 Å². The van der Waals surface area contributed by atoms with E-state index in [1.165, 1.54) is 13.2 Å². The molecule has 6 nitrogen and oxygen atoms in total. The minimum absolute atomic E-state index is 0.129. The number of esters is 1. The molecule has 6 heteroatoms. The zero-order valence-corrected chi connectivity index (χ0v) is 10.6. The fourth-order valence-corrected chi connectivity index (χ4v) is 1.47. The summed E-state index contributed by atoms with van der Waals surface area (Å²) in [7, 11) is 1.28. The highest BCUT2D eigenvalue weighted by Gasteiger charge is 2.26. The monoisotopic (exact) mass is 257 g/mol. The second-order valence-electron chi connectivity index (χ2n) is 4.06. The molecule has 0 aliphatic rings. The van der Waals surface area contributed by atoms with Gasteiger partial charge < -0.3 is 24.7 Å². The van der Waals surface area contributed by atoms with E-state index in [0.29, 0.717) is 18.7 Å². The Morgan fingerprint density at radius 1 is 1.44 bits per heavy atom. The molecule has 18 heavy (non-hydrogen) atoms.